The molecule has 0 bridgehead atoms. The molecule has 0 aliphatic heterocycles. The van der Waals surface area contributed by atoms with Gasteiger partial charge in [0.25, 0.3) is 0 Å². The second-order valence-corrected chi connectivity index (χ2v) is 5.12. The maximum atomic E-state index is 10.9. The van der Waals surface area contributed by atoms with Gasteiger partial charge in [0.05, 0.1) is 6.20 Å². The fourth-order valence-corrected chi connectivity index (χ4v) is 2.70. The van der Waals surface area contributed by atoms with Crippen LogP contribution < -0.4 is 0 Å². The predicted molar refractivity (Wildman–Crippen MR) is 68.0 cm³/mol. The van der Waals surface area contributed by atoms with Crippen LogP contribution in [0.3, 0.4) is 0 Å². The number of rotatable bonds is 2. The monoisotopic (exact) mass is 259 g/mol. The molecule has 0 amide bonds. The van der Waals surface area contributed by atoms with Crippen molar-refractivity contribution in [2.75, 3.05) is 0 Å². The normalized spacial score (nSPS) is 10.9. The average molecular weight is 259 g/mol. The molecule has 3 aromatic rings. The van der Waals surface area contributed by atoms with Crippen molar-refractivity contribution in [2.24, 2.45) is 0 Å². The SMILES string of the molecule is Cc1sc(C(=O)O)cc1-c1cnc2ccnn2c1. The van der Waals surface area contributed by atoms with Crippen LogP contribution in [0.1, 0.15) is 14.5 Å². The van der Waals surface area contributed by atoms with Crippen LogP contribution in [-0.2, 0) is 0 Å². The third kappa shape index (κ3) is 1.67. The molecule has 0 unspecified atom stereocenters. The van der Waals surface area contributed by atoms with Crippen molar-refractivity contribution in [1.29, 1.82) is 0 Å². The lowest BCUT2D eigenvalue weighted by Gasteiger charge is -2.00. The summed E-state index contributed by atoms with van der Waals surface area (Å²) in [4.78, 5) is 16.5. The second-order valence-electron chi connectivity index (χ2n) is 3.86. The van der Waals surface area contributed by atoms with Crippen molar-refractivity contribution in [3.63, 3.8) is 0 Å². The maximum Gasteiger partial charge on any atom is 0.345 e. The standard InChI is InChI=1S/C12H9N3O2S/c1-7-9(4-10(18-7)12(16)17)8-5-13-11-2-3-14-15(11)6-8/h2-6H,1H3,(H,16,17). The summed E-state index contributed by atoms with van der Waals surface area (Å²) in [5.74, 6) is -0.900. The van der Waals surface area contributed by atoms with Gasteiger partial charge in [0.1, 0.15) is 4.88 Å². The van der Waals surface area contributed by atoms with Gasteiger partial charge in [-0.3, -0.25) is 0 Å². The summed E-state index contributed by atoms with van der Waals surface area (Å²) in [6.45, 7) is 1.90. The quantitative estimate of drug-likeness (QED) is 0.767. The van der Waals surface area contributed by atoms with E-state index in [0.29, 0.717) is 4.88 Å². The molecule has 18 heavy (non-hydrogen) atoms. The summed E-state index contributed by atoms with van der Waals surface area (Å²) in [7, 11) is 0. The molecular weight excluding hydrogens is 250 g/mol. The van der Waals surface area contributed by atoms with E-state index in [1.165, 1.54) is 11.3 Å². The fourth-order valence-electron chi connectivity index (χ4n) is 1.82. The lowest BCUT2D eigenvalue weighted by Crippen LogP contribution is -1.92. The minimum Gasteiger partial charge on any atom is -0.477 e. The van der Waals surface area contributed by atoms with Gasteiger partial charge >= 0.3 is 5.97 Å². The van der Waals surface area contributed by atoms with E-state index < -0.39 is 5.97 Å². The highest BCUT2D eigenvalue weighted by Gasteiger charge is 2.13. The number of nitrogens with zero attached hydrogens (tertiary/aromatic N) is 3. The zero-order valence-corrected chi connectivity index (χ0v) is 10.3. The van der Waals surface area contributed by atoms with Crippen LogP contribution >= 0.6 is 11.3 Å². The Hall–Kier alpha value is -2.21. The summed E-state index contributed by atoms with van der Waals surface area (Å²) in [6, 6.07) is 3.49. The van der Waals surface area contributed by atoms with Crippen LogP contribution in [0.5, 0.6) is 0 Å². The van der Waals surface area contributed by atoms with Gasteiger partial charge in [-0.2, -0.15) is 5.10 Å². The van der Waals surface area contributed by atoms with Crippen LogP contribution in [0.2, 0.25) is 0 Å². The molecule has 6 heteroatoms. The molecule has 0 fully saturated rings. The first-order valence-corrected chi connectivity index (χ1v) is 6.10. The van der Waals surface area contributed by atoms with E-state index in [1.807, 2.05) is 19.2 Å². The van der Waals surface area contributed by atoms with Gasteiger partial charge in [0.2, 0.25) is 0 Å². The Morgan fingerprint density at radius 1 is 1.50 bits per heavy atom. The summed E-state index contributed by atoms with van der Waals surface area (Å²) in [6.07, 6.45) is 5.26. The van der Waals surface area contributed by atoms with E-state index in [4.69, 9.17) is 5.11 Å². The maximum absolute atomic E-state index is 10.9. The molecule has 0 saturated carbocycles. The first-order valence-electron chi connectivity index (χ1n) is 5.28. The zero-order valence-electron chi connectivity index (χ0n) is 9.49. The Kier molecular flexibility index (Phi) is 2.38. The number of hydrogen-bond donors (Lipinski definition) is 1. The molecule has 0 spiro atoms. The Balaban J connectivity index is 2.15. The Labute approximate surface area is 106 Å². The molecule has 3 heterocycles. The molecule has 1 N–H and O–H groups in total. The van der Waals surface area contributed by atoms with E-state index in [-0.39, 0.29) is 0 Å². The summed E-state index contributed by atoms with van der Waals surface area (Å²) in [5.41, 5.74) is 2.53. The van der Waals surface area contributed by atoms with Crippen LogP contribution in [0, 0.1) is 6.92 Å². The first kappa shape index (κ1) is 10.9. The van der Waals surface area contributed by atoms with Crippen molar-refractivity contribution in [2.45, 2.75) is 6.92 Å². The molecule has 0 aromatic carbocycles. The smallest absolute Gasteiger partial charge is 0.345 e. The van der Waals surface area contributed by atoms with Crippen molar-refractivity contribution >= 4 is 23.0 Å². The number of aromatic carboxylic acids is 1. The number of fused-ring (bicyclic) bond motifs is 1. The van der Waals surface area contributed by atoms with E-state index in [1.54, 1.807) is 23.0 Å². The number of thiophene rings is 1. The van der Waals surface area contributed by atoms with E-state index >= 15 is 0 Å². The molecule has 5 nitrogen and oxygen atoms in total. The van der Waals surface area contributed by atoms with E-state index in [0.717, 1.165) is 21.7 Å². The van der Waals surface area contributed by atoms with Crippen molar-refractivity contribution < 1.29 is 9.90 Å². The fraction of sp³-hybridized carbons (Fsp3) is 0.0833. The second kappa shape index (κ2) is 3.92. The molecule has 0 saturated heterocycles. The largest absolute Gasteiger partial charge is 0.477 e. The molecule has 0 aliphatic rings. The van der Waals surface area contributed by atoms with Gasteiger partial charge in [-0.1, -0.05) is 0 Å². The number of aromatic nitrogens is 3. The molecule has 3 aromatic heterocycles. The average Bonchev–Trinajstić information content (AvgIpc) is 2.93. The number of hydrogen-bond acceptors (Lipinski definition) is 4. The van der Waals surface area contributed by atoms with Crippen LogP contribution in [0.25, 0.3) is 16.8 Å². The lowest BCUT2D eigenvalue weighted by atomic mass is 10.1. The highest BCUT2D eigenvalue weighted by atomic mass is 32.1. The van der Waals surface area contributed by atoms with E-state index in [2.05, 4.69) is 10.1 Å². The first-order chi connectivity index (χ1) is 8.65. The van der Waals surface area contributed by atoms with Gasteiger partial charge in [0, 0.05) is 28.9 Å². The van der Waals surface area contributed by atoms with Gasteiger partial charge in [-0.05, 0) is 18.6 Å². The third-order valence-electron chi connectivity index (χ3n) is 2.69. The molecule has 0 atom stereocenters. The Morgan fingerprint density at radius 2 is 2.33 bits per heavy atom. The van der Waals surface area contributed by atoms with Crippen molar-refractivity contribution in [3.8, 4) is 11.1 Å². The predicted octanol–water partition coefficient (Wildman–Crippen LogP) is 2.46. The van der Waals surface area contributed by atoms with Crippen molar-refractivity contribution in [1.82, 2.24) is 14.6 Å². The van der Waals surface area contributed by atoms with Crippen LogP contribution in [0.15, 0.2) is 30.7 Å². The molecule has 0 aliphatic carbocycles. The summed E-state index contributed by atoms with van der Waals surface area (Å²) in [5, 5.41) is 13.1. The van der Waals surface area contributed by atoms with E-state index in [9.17, 15) is 4.79 Å². The minimum absolute atomic E-state index is 0.336. The Bertz CT molecular complexity index is 745. The number of carboxylic acids is 1. The molecule has 3 rings (SSSR count). The number of carboxylic acid groups (broad SMARTS) is 1. The third-order valence-corrected chi connectivity index (χ3v) is 3.72. The number of carbonyl (C=O) groups is 1. The number of aryl methyl sites for hydroxylation is 1. The minimum atomic E-state index is -0.900. The summed E-state index contributed by atoms with van der Waals surface area (Å²) >= 11 is 1.27. The molecule has 0 radical (unpaired) electrons. The van der Waals surface area contributed by atoms with Gasteiger partial charge < -0.3 is 5.11 Å². The highest BCUT2D eigenvalue weighted by molar-refractivity contribution is 7.14. The molecule has 90 valence electrons. The van der Waals surface area contributed by atoms with Crippen molar-refractivity contribution in [3.05, 3.63) is 40.5 Å². The summed E-state index contributed by atoms with van der Waals surface area (Å²) < 4.78 is 1.67. The Morgan fingerprint density at radius 3 is 3.06 bits per heavy atom. The zero-order chi connectivity index (χ0) is 12.7. The van der Waals surface area contributed by atoms with Gasteiger partial charge in [0.15, 0.2) is 5.65 Å². The topological polar surface area (TPSA) is 67.5 Å². The van der Waals surface area contributed by atoms with Gasteiger partial charge in [-0.15, -0.1) is 11.3 Å². The lowest BCUT2D eigenvalue weighted by molar-refractivity contribution is 0.0702. The molecular formula is C12H9N3O2S. The van der Waals surface area contributed by atoms with Crippen LogP contribution in [-0.4, -0.2) is 25.7 Å². The van der Waals surface area contributed by atoms with Gasteiger partial charge in [-0.25, -0.2) is 14.3 Å². The van der Waals surface area contributed by atoms with Crippen LogP contribution in [0.4, 0.5) is 0 Å². The highest BCUT2D eigenvalue weighted by Crippen LogP contribution is 2.30.